The minimum Gasteiger partial charge on any atom is -0.340 e. The molecule has 1 N–H and O–H groups in total. The van der Waals surface area contributed by atoms with Gasteiger partial charge in [-0.25, -0.2) is 9.97 Å². The van der Waals surface area contributed by atoms with E-state index in [-0.39, 0.29) is 0 Å². The first-order valence-electron chi connectivity index (χ1n) is 8.82. The molecule has 1 aliphatic rings. The standard InChI is InChI=1S/C21H15N5S/c22-11-13-4-1-6-15(10-13)24-20-18-16-7-2-8-17(16)27-21(18)26-19(25-20)14-5-3-9-23-12-14/h1,3-6,9-10,12H,2,7-8H2,(H,24,25,26). The number of aryl methyl sites for hydroxylation is 2. The monoisotopic (exact) mass is 369 g/mol. The van der Waals surface area contributed by atoms with Crippen LogP contribution in [0.4, 0.5) is 11.5 Å². The third kappa shape index (κ3) is 2.82. The van der Waals surface area contributed by atoms with E-state index in [2.05, 4.69) is 16.4 Å². The molecule has 0 unspecified atom stereocenters. The van der Waals surface area contributed by atoms with Gasteiger partial charge in [0.15, 0.2) is 5.82 Å². The number of anilines is 2. The van der Waals surface area contributed by atoms with Crippen molar-refractivity contribution in [3.05, 3.63) is 64.8 Å². The first kappa shape index (κ1) is 15.9. The van der Waals surface area contributed by atoms with Crippen LogP contribution in [0.25, 0.3) is 21.6 Å². The predicted octanol–water partition coefficient (Wildman–Crippen LogP) is 4.86. The van der Waals surface area contributed by atoms with Crippen molar-refractivity contribution in [3.63, 3.8) is 0 Å². The maximum absolute atomic E-state index is 9.18. The average molecular weight is 369 g/mol. The van der Waals surface area contributed by atoms with E-state index in [1.54, 1.807) is 29.8 Å². The fourth-order valence-electron chi connectivity index (χ4n) is 3.51. The Morgan fingerprint density at radius 3 is 2.93 bits per heavy atom. The van der Waals surface area contributed by atoms with Gasteiger partial charge < -0.3 is 5.32 Å². The number of hydrogen-bond donors (Lipinski definition) is 1. The number of nitrogens with one attached hydrogen (secondary N) is 1. The third-order valence-corrected chi connectivity index (χ3v) is 5.92. The minimum absolute atomic E-state index is 0.619. The fourth-order valence-corrected chi connectivity index (χ4v) is 4.77. The van der Waals surface area contributed by atoms with Crippen molar-refractivity contribution in [2.45, 2.75) is 19.3 Å². The molecule has 6 heteroatoms. The normalized spacial score (nSPS) is 12.7. The van der Waals surface area contributed by atoms with Crippen LogP contribution in [0.5, 0.6) is 0 Å². The van der Waals surface area contributed by atoms with Crippen LogP contribution in [-0.4, -0.2) is 15.0 Å². The molecule has 0 saturated heterocycles. The SMILES string of the molecule is N#Cc1cccc(Nc2nc(-c3cccnc3)nc3sc4c(c23)CCC4)c1. The summed E-state index contributed by atoms with van der Waals surface area (Å²) in [6, 6.07) is 13.5. The number of benzene rings is 1. The molecule has 0 spiro atoms. The largest absolute Gasteiger partial charge is 0.340 e. The molecular weight excluding hydrogens is 354 g/mol. The van der Waals surface area contributed by atoms with Crippen molar-refractivity contribution in [1.29, 1.82) is 5.26 Å². The van der Waals surface area contributed by atoms with Crippen molar-refractivity contribution in [1.82, 2.24) is 15.0 Å². The summed E-state index contributed by atoms with van der Waals surface area (Å²) < 4.78 is 0. The molecule has 5 rings (SSSR count). The highest BCUT2D eigenvalue weighted by molar-refractivity contribution is 7.19. The number of fused-ring (bicyclic) bond motifs is 3. The Labute approximate surface area is 160 Å². The molecule has 0 amide bonds. The van der Waals surface area contributed by atoms with Crippen LogP contribution in [0.3, 0.4) is 0 Å². The summed E-state index contributed by atoms with van der Waals surface area (Å²) in [6.07, 6.45) is 6.89. The van der Waals surface area contributed by atoms with Crippen molar-refractivity contribution in [3.8, 4) is 17.5 Å². The Kier molecular flexibility index (Phi) is 3.80. The summed E-state index contributed by atoms with van der Waals surface area (Å²) in [7, 11) is 0. The van der Waals surface area contributed by atoms with Gasteiger partial charge in [-0.2, -0.15) is 5.26 Å². The van der Waals surface area contributed by atoms with E-state index in [0.717, 1.165) is 40.1 Å². The minimum atomic E-state index is 0.619. The number of rotatable bonds is 3. The van der Waals surface area contributed by atoms with E-state index in [9.17, 15) is 5.26 Å². The first-order chi connectivity index (χ1) is 13.3. The molecule has 5 nitrogen and oxygen atoms in total. The second kappa shape index (κ2) is 6.45. The molecule has 3 heterocycles. The summed E-state index contributed by atoms with van der Waals surface area (Å²) in [5, 5.41) is 13.7. The van der Waals surface area contributed by atoms with E-state index >= 15 is 0 Å². The number of nitrogens with zero attached hydrogens (tertiary/aromatic N) is 4. The maximum Gasteiger partial charge on any atom is 0.164 e. The van der Waals surface area contributed by atoms with Gasteiger partial charge in [0, 0.05) is 28.5 Å². The molecular formula is C21H15N5S. The van der Waals surface area contributed by atoms with E-state index < -0.39 is 0 Å². The molecule has 0 aliphatic heterocycles. The quantitative estimate of drug-likeness (QED) is 0.558. The Morgan fingerprint density at radius 1 is 1.11 bits per heavy atom. The van der Waals surface area contributed by atoms with E-state index in [0.29, 0.717) is 11.4 Å². The van der Waals surface area contributed by atoms with Gasteiger partial charge in [0.1, 0.15) is 10.6 Å². The van der Waals surface area contributed by atoms with Crippen molar-refractivity contribution < 1.29 is 0 Å². The zero-order valence-electron chi connectivity index (χ0n) is 14.4. The van der Waals surface area contributed by atoms with Gasteiger partial charge in [-0.15, -0.1) is 11.3 Å². The summed E-state index contributed by atoms with van der Waals surface area (Å²) in [4.78, 5) is 16.3. The molecule has 130 valence electrons. The number of pyridine rings is 1. The van der Waals surface area contributed by atoms with E-state index in [1.807, 2.05) is 30.3 Å². The molecule has 0 radical (unpaired) electrons. The molecule has 1 aromatic carbocycles. The highest BCUT2D eigenvalue weighted by Crippen LogP contribution is 2.41. The number of nitriles is 1. The summed E-state index contributed by atoms with van der Waals surface area (Å²) in [6.45, 7) is 0. The van der Waals surface area contributed by atoms with Gasteiger partial charge in [-0.3, -0.25) is 4.98 Å². The lowest BCUT2D eigenvalue weighted by molar-refractivity contribution is 0.917. The molecule has 0 bridgehead atoms. The van der Waals surface area contributed by atoms with Crippen molar-refractivity contribution in [2.24, 2.45) is 0 Å². The van der Waals surface area contributed by atoms with Gasteiger partial charge in [-0.1, -0.05) is 6.07 Å². The molecule has 27 heavy (non-hydrogen) atoms. The van der Waals surface area contributed by atoms with Crippen LogP contribution in [-0.2, 0) is 12.8 Å². The van der Waals surface area contributed by atoms with Gasteiger partial charge in [0.05, 0.1) is 17.0 Å². The van der Waals surface area contributed by atoms with Crippen LogP contribution < -0.4 is 5.32 Å². The molecule has 0 atom stereocenters. The first-order valence-corrected chi connectivity index (χ1v) is 9.63. The van der Waals surface area contributed by atoms with E-state index in [1.165, 1.54) is 16.9 Å². The zero-order chi connectivity index (χ0) is 18.2. The molecule has 0 fully saturated rings. The van der Waals surface area contributed by atoms with Gasteiger partial charge in [0.2, 0.25) is 0 Å². The molecule has 1 aliphatic carbocycles. The molecule has 4 aromatic rings. The number of aromatic nitrogens is 3. The topological polar surface area (TPSA) is 74.5 Å². The predicted molar refractivity (Wildman–Crippen MR) is 107 cm³/mol. The lowest BCUT2D eigenvalue weighted by atomic mass is 10.1. The van der Waals surface area contributed by atoms with Crippen molar-refractivity contribution in [2.75, 3.05) is 5.32 Å². The van der Waals surface area contributed by atoms with Crippen LogP contribution in [0.2, 0.25) is 0 Å². The second-order valence-electron chi connectivity index (χ2n) is 6.49. The van der Waals surface area contributed by atoms with Gasteiger partial charge in [-0.05, 0) is 55.2 Å². The maximum atomic E-state index is 9.18. The summed E-state index contributed by atoms with van der Waals surface area (Å²) >= 11 is 1.76. The summed E-state index contributed by atoms with van der Waals surface area (Å²) in [5.41, 5.74) is 3.73. The Hall–Kier alpha value is -3.30. The van der Waals surface area contributed by atoms with Crippen molar-refractivity contribution >= 4 is 33.1 Å². The lowest BCUT2D eigenvalue weighted by Gasteiger charge is -2.10. The van der Waals surface area contributed by atoms with E-state index in [4.69, 9.17) is 9.97 Å². The van der Waals surface area contributed by atoms with Gasteiger partial charge in [0.25, 0.3) is 0 Å². The Morgan fingerprint density at radius 2 is 2.07 bits per heavy atom. The van der Waals surface area contributed by atoms with Crippen LogP contribution in [0.1, 0.15) is 22.4 Å². The lowest BCUT2D eigenvalue weighted by Crippen LogP contribution is -1.99. The Bertz CT molecular complexity index is 1190. The third-order valence-electron chi connectivity index (χ3n) is 4.74. The fraction of sp³-hybridized carbons (Fsp3) is 0.143. The second-order valence-corrected chi connectivity index (χ2v) is 7.58. The molecule has 0 saturated carbocycles. The number of thiophene rings is 1. The smallest absolute Gasteiger partial charge is 0.164 e. The highest BCUT2D eigenvalue weighted by atomic mass is 32.1. The van der Waals surface area contributed by atoms with Crippen LogP contribution >= 0.6 is 11.3 Å². The zero-order valence-corrected chi connectivity index (χ0v) is 15.3. The summed E-state index contributed by atoms with van der Waals surface area (Å²) in [5.74, 6) is 1.46. The molecule has 3 aromatic heterocycles. The van der Waals surface area contributed by atoms with Crippen LogP contribution in [0.15, 0.2) is 48.8 Å². The highest BCUT2D eigenvalue weighted by Gasteiger charge is 2.23. The average Bonchev–Trinajstić information content (AvgIpc) is 3.29. The van der Waals surface area contributed by atoms with Crippen LogP contribution in [0, 0.1) is 11.3 Å². The van der Waals surface area contributed by atoms with Gasteiger partial charge >= 0.3 is 0 Å². The number of hydrogen-bond acceptors (Lipinski definition) is 6. The Balaban J connectivity index is 1.69.